The highest BCUT2D eigenvalue weighted by molar-refractivity contribution is 8.00. The summed E-state index contributed by atoms with van der Waals surface area (Å²) in [5.41, 5.74) is 6.37. The Bertz CT molecular complexity index is 264. The zero-order valence-electron chi connectivity index (χ0n) is 7.18. The first-order valence-electron chi connectivity index (χ1n) is 4.00. The van der Waals surface area contributed by atoms with Gasteiger partial charge in [0, 0.05) is 10.6 Å². The Morgan fingerprint density at radius 1 is 1.23 bits per heavy atom. The van der Waals surface area contributed by atoms with E-state index in [1.807, 2.05) is 18.2 Å². The number of nitrogens with two attached hydrogens (primary N) is 1. The normalized spacial score (nSPS) is 10.7. The lowest BCUT2D eigenvalue weighted by molar-refractivity contribution is 0.228. The highest BCUT2D eigenvalue weighted by atomic mass is 32.2. The van der Waals surface area contributed by atoms with Crippen LogP contribution in [0.2, 0.25) is 0 Å². The summed E-state index contributed by atoms with van der Waals surface area (Å²) in [4.78, 5) is 0.899. The van der Waals surface area contributed by atoms with Gasteiger partial charge in [0.2, 0.25) is 0 Å². The summed E-state index contributed by atoms with van der Waals surface area (Å²) in [5, 5.41) is 17.5. The topological polar surface area (TPSA) is 66.5 Å². The molecule has 0 unspecified atom stereocenters. The number of hydrogen-bond donors (Lipinski definition) is 3. The Morgan fingerprint density at radius 2 is 1.85 bits per heavy atom. The fourth-order valence-electron chi connectivity index (χ4n) is 0.900. The molecule has 0 fully saturated rings. The second-order valence-corrected chi connectivity index (χ2v) is 3.99. The molecule has 3 nitrogen and oxygen atoms in total. The van der Waals surface area contributed by atoms with Gasteiger partial charge in [-0.2, -0.15) is 0 Å². The van der Waals surface area contributed by atoms with E-state index in [1.165, 1.54) is 11.8 Å². The van der Waals surface area contributed by atoms with E-state index in [4.69, 9.17) is 15.9 Å². The first-order valence-corrected chi connectivity index (χ1v) is 4.88. The van der Waals surface area contributed by atoms with Crippen LogP contribution in [0.1, 0.15) is 0 Å². The number of rotatable bonds is 4. The molecule has 0 saturated carbocycles. The first kappa shape index (κ1) is 10.4. The Balaban J connectivity index is 2.67. The van der Waals surface area contributed by atoms with Crippen molar-refractivity contribution in [2.75, 3.05) is 18.9 Å². The lowest BCUT2D eigenvalue weighted by Crippen LogP contribution is -2.13. The molecule has 0 amide bonds. The van der Waals surface area contributed by atoms with Gasteiger partial charge in [-0.15, -0.1) is 11.8 Å². The standard InChI is InChI=1S/C9H13NO2S/c10-8-3-1-2-4-9(8)13-7(5-11)6-12/h1-4,7,11-12H,5-6,10H2. The molecule has 4 heteroatoms. The van der Waals surface area contributed by atoms with Crippen LogP contribution in [-0.2, 0) is 0 Å². The van der Waals surface area contributed by atoms with Gasteiger partial charge in [-0.05, 0) is 12.1 Å². The number of para-hydroxylation sites is 1. The third kappa shape index (κ3) is 2.91. The number of anilines is 1. The summed E-state index contributed by atoms with van der Waals surface area (Å²) >= 11 is 1.39. The lowest BCUT2D eigenvalue weighted by atomic mass is 10.3. The number of nitrogen functional groups attached to an aromatic ring is 1. The Labute approximate surface area is 81.6 Å². The molecule has 1 aromatic carbocycles. The minimum atomic E-state index is -0.190. The van der Waals surface area contributed by atoms with Crippen molar-refractivity contribution in [1.82, 2.24) is 0 Å². The summed E-state index contributed by atoms with van der Waals surface area (Å²) in [6, 6.07) is 7.41. The molecule has 0 bridgehead atoms. The Hall–Kier alpha value is -0.710. The maximum Gasteiger partial charge on any atom is 0.0575 e. The summed E-state index contributed by atoms with van der Waals surface area (Å²) in [6.07, 6.45) is 0. The highest BCUT2D eigenvalue weighted by Crippen LogP contribution is 2.27. The zero-order valence-corrected chi connectivity index (χ0v) is 8.00. The van der Waals surface area contributed by atoms with E-state index >= 15 is 0 Å². The second-order valence-electron chi connectivity index (χ2n) is 2.64. The molecule has 0 aliphatic rings. The van der Waals surface area contributed by atoms with Gasteiger partial charge in [0.15, 0.2) is 0 Å². The van der Waals surface area contributed by atoms with Crippen molar-refractivity contribution < 1.29 is 10.2 Å². The van der Waals surface area contributed by atoms with Crippen molar-refractivity contribution >= 4 is 17.4 Å². The first-order chi connectivity index (χ1) is 6.27. The molecule has 0 radical (unpaired) electrons. The van der Waals surface area contributed by atoms with Gasteiger partial charge in [0.05, 0.1) is 18.5 Å². The van der Waals surface area contributed by atoms with Crippen molar-refractivity contribution in [2.24, 2.45) is 0 Å². The van der Waals surface area contributed by atoms with Crippen LogP contribution in [0.3, 0.4) is 0 Å². The van der Waals surface area contributed by atoms with Gasteiger partial charge in [-0.3, -0.25) is 0 Å². The number of benzene rings is 1. The number of hydrogen-bond acceptors (Lipinski definition) is 4. The molecule has 1 aromatic rings. The van der Waals surface area contributed by atoms with Crippen molar-refractivity contribution in [3.63, 3.8) is 0 Å². The van der Waals surface area contributed by atoms with E-state index in [9.17, 15) is 0 Å². The molecule has 0 aliphatic carbocycles. The van der Waals surface area contributed by atoms with Crippen LogP contribution in [0, 0.1) is 0 Å². The maximum atomic E-state index is 8.86. The van der Waals surface area contributed by atoms with Gasteiger partial charge >= 0.3 is 0 Å². The van der Waals surface area contributed by atoms with E-state index in [2.05, 4.69) is 0 Å². The molecule has 1 rings (SSSR count). The van der Waals surface area contributed by atoms with E-state index in [1.54, 1.807) is 6.07 Å². The van der Waals surface area contributed by atoms with Crippen LogP contribution in [0.25, 0.3) is 0 Å². The molecule has 0 spiro atoms. The third-order valence-corrected chi connectivity index (χ3v) is 2.88. The molecule has 0 atom stereocenters. The SMILES string of the molecule is Nc1ccccc1SC(CO)CO. The van der Waals surface area contributed by atoms with Crippen LogP contribution >= 0.6 is 11.8 Å². The monoisotopic (exact) mass is 199 g/mol. The molecule has 0 saturated heterocycles. The zero-order chi connectivity index (χ0) is 9.68. The van der Waals surface area contributed by atoms with E-state index in [-0.39, 0.29) is 18.5 Å². The van der Waals surface area contributed by atoms with Gasteiger partial charge < -0.3 is 15.9 Å². The second kappa shape index (κ2) is 5.11. The average Bonchev–Trinajstić information content (AvgIpc) is 2.17. The molecule has 72 valence electrons. The Kier molecular flexibility index (Phi) is 4.08. The van der Waals surface area contributed by atoms with Crippen LogP contribution < -0.4 is 5.73 Å². The fourth-order valence-corrected chi connectivity index (χ4v) is 1.77. The molecular weight excluding hydrogens is 186 g/mol. The van der Waals surface area contributed by atoms with Crippen molar-refractivity contribution in [3.05, 3.63) is 24.3 Å². The minimum Gasteiger partial charge on any atom is -0.398 e. The molecule has 0 aliphatic heterocycles. The van der Waals surface area contributed by atoms with Gasteiger partial charge in [0.25, 0.3) is 0 Å². The molecular formula is C9H13NO2S. The molecule has 4 N–H and O–H groups in total. The van der Waals surface area contributed by atoms with Crippen molar-refractivity contribution in [1.29, 1.82) is 0 Å². The van der Waals surface area contributed by atoms with E-state index < -0.39 is 0 Å². The third-order valence-electron chi connectivity index (χ3n) is 1.62. The predicted molar refractivity (Wildman–Crippen MR) is 54.7 cm³/mol. The number of aliphatic hydroxyl groups is 2. The molecule has 0 heterocycles. The van der Waals surface area contributed by atoms with Gasteiger partial charge in [-0.1, -0.05) is 12.1 Å². The largest absolute Gasteiger partial charge is 0.398 e. The maximum absolute atomic E-state index is 8.86. The lowest BCUT2D eigenvalue weighted by Gasteiger charge is -2.11. The average molecular weight is 199 g/mol. The summed E-state index contributed by atoms with van der Waals surface area (Å²) in [5.74, 6) is 0. The van der Waals surface area contributed by atoms with Crippen molar-refractivity contribution in [2.45, 2.75) is 10.1 Å². The van der Waals surface area contributed by atoms with Crippen LogP contribution in [0.4, 0.5) is 5.69 Å². The minimum absolute atomic E-state index is 0.0461. The van der Waals surface area contributed by atoms with Crippen LogP contribution in [-0.4, -0.2) is 28.7 Å². The molecule has 0 aromatic heterocycles. The summed E-state index contributed by atoms with van der Waals surface area (Å²) in [7, 11) is 0. The smallest absolute Gasteiger partial charge is 0.0575 e. The van der Waals surface area contributed by atoms with Crippen molar-refractivity contribution in [3.8, 4) is 0 Å². The van der Waals surface area contributed by atoms with E-state index in [0.29, 0.717) is 5.69 Å². The molecule has 13 heavy (non-hydrogen) atoms. The van der Waals surface area contributed by atoms with Gasteiger partial charge in [-0.25, -0.2) is 0 Å². The fraction of sp³-hybridized carbons (Fsp3) is 0.333. The van der Waals surface area contributed by atoms with Crippen LogP contribution in [0.15, 0.2) is 29.2 Å². The highest BCUT2D eigenvalue weighted by Gasteiger charge is 2.08. The number of aliphatic hydroxyl groups excluding tert-OH is 2. The van der Waals surface area contributed by atoms with Crippen LogP contribution in [0.5, 0.6) is 0 Å². The summed E-state index contributed by atoms with van der Waals surface area (Å²) in [6.45, 7) is -0.0923. The van der Waals surface area contributed by atoms with E-state index in [0.717, 1.165) is 4.90 Å². The number of thioether (sulfide) groups is 1. The van der Waals surface area contributed by atoms with Gasteiger partial charge in [0.1, 0.15) is 0 Å². The quantitative estimate of drug-likeness (QED) is 0.493. The predicted octanol–water partition coefficient (Wildman–Crippen LogP) is 0.714. The Morgan fingerprint density at radius 3 is 2.38 bits per heavy atom. The summed E-state index contributed by atoms with van der Waals surface area (Å²) < 4.78 is 0.